The Hall–Kier alpha value is -5.09. The fourth-order valence-corrected chi connectivity index (χ4v) is 6.84. The number of thiazole rings is 1. The molecule has 0 saturated carbocycles. The predicted octanol–water partition coefficient (Wildman–Crippen LogP) is 2.89. The van der Waals surface area contributed by atoms with Gasteiger partial charge in [0.2, 0.25) is 11.8 Å². The molecule has 1 saturated heterocycles. The van der Waals surface area contributed by atoms with E-state index in [1.165, 1.54) is 28.6 Å². The molecule has 0 unspecified atom stereocenters. The molecule has 2 aliphatic heterocycles. The number of benzene rings is 1. The Bertz CT molecular complexity index is 1810. The van der Waals surface area contributed by atoms with Crippen molar-refractivity contribution < 1.29 is 32.9 Å². The number of carbonyl (C=O) groups is 4. The summed E-state index contributed by atoms with van der Waals surface area (Å²) in [7, 11) is 0. The number of aryl methyl sites for hydroxylation is 1. The van der Waals surface area contributed by atoms with Crippen molar-refractivity contribution in [3.05, 3.63) is 81.8 Å². The van der Waals surface area contributed by atoms with Gasteiger partial charge in [0.1, 0.15) is 23.2 Å². The van der Waals surface area contributed by atoms with Crippen molar-refractivity contribution in [3.8, 4) is 0 Å². The Morgan fingerprint density at radius 2 is 1.74 bits per heavy atom. The molecular weight excluding hydrogens is 664 g/mol. The molecule has 2 aliphatic rings. The maximum absolute atomic E-state index is 14.1. The molecule has 264 valence electrons. The number of ether oxygens (including phenoxy) is 1. The monoisotopic (exact) mass is 704 g/mol. The molecule has 6 rings (SSSR count). The summed E-state index contributed by atoms with van der Waals surface area (Å²) in [5, 5.41) is 13.3. The zero-order chi connectivity index (χ0) is 35.2. The number of nitrogens with one attached hydrogen (secondary N) is 3. The van der Waals surface area contributed by atoms with Crippen molar-refractivity contribution >= 4 is 40.1 Å². The SMILES string of the molecule is Cc1nc(N2CCOCC2)sc1C(=O)N1CCNC(=O)[C@H](Cc2ccccc2)NC(=O)c2coc(n2)[C@@H](CC(C)C)NC(=O)c2cc(on2)C1. The first kappa shape index (κ1) is 34.8. The van der Waals surface area contributed by atoms with Gasteiger partial charge >= 0.3 is 0 Å². The lowest BCUT2D eigenvalue weighted by atomic mass is 10.0. The molecule has 1 aromatic carbocycles. The highest BCUT2D eigenvalue weighted by Crippen LogP contribution is 2.29. The average Bonchev–Trinajstić information content (AvgIpc) is 3.88. The number of amides is 4. The van der Waals surface area contributed by atoms with Crippen molar-refractivity contribution in [1.82, 2.24) is 36.0 Å². The van der Waals surface area contributed by atoms with Crippen LogP contribution in [0.2, 0.25) is 0 Å². The first-order chi connectivity index (χ1) is 24.1. The summed E-state index contributed by atoms with van der Waals surface area (Å²) in [6.07, 6.45) is 1.88. The Morgan fingerprint density at radius 1 is 1.00 bits per heavy atom. The summed E-state index contributed by atoms with van der Waals surface area (Å²) in [6.45, 7) is 8.39. The summed E-state index contributed by atoms with van der Waals surface area (Å²) in [4.78, 5) is 67.6. The van der Waals surface area contributed by atoms with E-state index in [0.29, 0.717) is 43.3 Å². The molecule has 3 aromatic heterocycles. The number of aromatic nitrogens is 3. The number of anilines is 1. The smallest absolute Gasteiger partial charge is 0.274 e. The molecule has 50 heavy (non-hydrogen) atoms. The molecule has 1 fully saturated rings. The molecule has 0 radical (unpaired) electrons. The first-order valence-corrected chi connectivity index (χ1v) is 17.4. The van der Waals surface area contributed by atoms with E-state index in [4.69, 9.17) is 13.7 Å². The Labute approximate surface area is 292 Å². The van der Waals surface area contributed by atoms with Gasteiger partial charge in [-0.15, -0.1) is 0 Å². The normalized spacial score (nSPS) is 19.4. The van der Waals surface area contributed by atoms with Crippen molar-refractivity contribution in [1.29, 1.82) is 0 Å². The summed E-state index contributed by atoms with van der Waals surface area (Å²) in [6, 6.07) is 9.15. The van der Waals surface area contributed by atoms with Crippen LogP contribution in [0.15, 0.2) is 51.6 Å². The van der Waals surface area contributed by atoms with Crippen LogP contribution in [0, 0.1) is 12.8 Å². The quantitative estimate of drug-likeness (QED) is 0.268. The highest BCUT2D eigenvalue weighted by molar-refractivity contribution is 7.17. The van der Waals surface area contributed by atoms with E-state index in [2.05, 4.69) is 36.0 Å². The van der Waals surface area contributed by atoms with E-state index in [-0.39, 0.29) is 60.9 Å². The minimum absolute atomic E-state index is 0.00688. The minimum atomic E-state index is -0.962. The van der Waals surface area contributed by atoms with E-state index >= 15 is 0 Å². The number of rotatable bonds is 6. The Kier molecular flexibility index (Phi) is 10.9. The van der Waals surface area contributed by atoms with Crippen LogP contribution >= 0.6 is 11.3 Å². The lowest BCUT2D eigenvalue weighted by Crippen LogP contribution is -2.49. The van der Waals surface area contributed by atoms with Gasteiger partial charge in [-0.2, -0.15) is 0 Å². The van der Waals surface area contributed by atoms with E-state index in [0.717, 1.165) is 10.7 Å². The lowest BCUT2D eigenvalue weighted by Gasteiger charge is -2.26. The van der Waals surface area contributed by atoms with Crippen LogP contribution < -0.4 is 20.9 Å². The Morgan fingerprint density at radius 3 is 2.50 bits per heavy atom. The van der Waals surface area contributed by atoms with Crippen molar-refractivity contribution in [3.63, 3.8) is 0 Å². The molecule has 5 heterocycles. The van der Waals surface area contributed by atoms with Crippen LogP contribution in [0.4, 0.5) is 5.13 Å². The number of morpholine rings is 1. The van der Waals surface area contributed by atoms with Crippen LogP contribution in [0.5, 0.6) is 0 Å². The largest absolute Gasteiger partial charge is 0.446 e. The maximum atomic E-state index is 14.1. The molecule has 4 bridgehead atoms. The van der Waals surface area contributed by atoms with Gasteiger partial charge in [-0.3, -0.25) is 19.2 Å². The zero-order valence-electron chi connectivity index (χ0n) is 28.1. The third-order valence-corrected chi connectivity index (χ3v) is 9.54. The van der Waals surface area contributed by atoms with Crippen LogP contribution in [0.1, 0.15) is 79.9 Å². The van der Waals surface area contributed by atoms with Crippen molar-refractivity contribution in [2.45, 2.75) is 52.2 Å². The van der Waals surface area contributed by atoms with Crippen LogP contribution in [-0.4, -0.2) is 89.1 Å². The predicted molar refractivity (Wildman–Crippen MR) is 182 cm³/mol. The zero-order valence-corrected chi connectivity index (χ0v) is 29.0. The van der Waals surface area contributed by atoms with Gasteiger partial charge in [0.05, 0.1) is 25.5 Å². The number of hydrogen-bond donors (Lipinski definition) is 3. The molecule has 3 N–H and O–H groups in total. The third kappa shape index (κ3) is 8.37. The second-order valence-corrected chi connectivity index (χ2v) is 13.6. The van der Waals surface area contributed by atoms with Gasteiger partial charge in [-0.1, -0.05) is 60.7 Å². The molecule has 0 aliphatic carbocycles. The molecule has 4 amide bonds. The summed E-state index contributed by atoms with van der Waals surface area (Å²) < 4.78 is 16.7. The van der Waals surface area contributed by atoms with Gasteiger partial charge in [0.15, 0.2) is 22.3 Å². The fraction of sp³-hybridized carbons (Fsp3) is 0.441. The number of fused-ring (bicyclic) bond motifs is 4. The molecule has 4 aromatic rings. The number of carbonyl (C=O) groups excluding carboxylic acids is 4. The van der Waals surface area contributed by atoms with Gasteiger partial charge in [-0.05, 0) is 24.8 Å². The number of hydrogen-bond acceptors (Lipinski definition) is 12. The Balaban J connectivity index is 1.30. The molecule has 2 atom stereocenters. The third-order valence-electron chi connectivity index (χ3n) is 8.34. The van der Waals surface area contributed by atoms with E-state index < -0.39 is 29.8 Å². The van der Waals surface area contributed by atoms with Crippen molar-refractivity contribution in [2.24, 2.45) is 5.92 Å². The fourth-order valence-electron chi connectivity index (χ4n) is 5.75. The van der Waals surface area contributed by atoms with E-state index in [1.54, 1.807) is 6.92 Å². The number of nitrogens with zero attached hydrogens (tertiary/aromatic N) is 5. The van der Waals surface area contributed by atoms with Gasteiger partial charge in [0, 0.05) is 38.7 Å². The number of oxazole rings is 1. The van der Waals surface area contributed by atoms with Gasteiger partial charge in [0.25, 0.3) is 17.7 Å². The van der Waals surface area contributed by atoms with Crippen LogP contribution in [0.25, 0.3) is 0 Å². The van der Waals surface area contributed by atoms with Gasteiger partial charge < -0.3 is 39.4 Å². The first-order valence-electron chi connectivity index (χ1n) is 16.6. The van der Waals surface area contributed by atoms with Crippen molar-refractivity contribution in [2.75, 3.05) is 44.3 Å². The lowest BCUT2D eigenvalue weighted by molar-refractivity contribution is -0.123. The maximum Gasteiger partial charge on any atom is 0.274 e. The van der Waals surface area contributed by atoms with Crippen LogP contribution in [-0.2, 0) is 22.5 Å². The minimum Gasteiger partial charge on any atom is -0.446 e. The molecular formula is C34H40N8O7S. The summed E-state index contributed by atoms with van der Waals surface area (Å²) in [5.41, 5.74) is 1.39. The summed E-state index contributed by atoms with van der Waals surface area (Å²) in [5.74, 6) is -1.34. The second kappa shape index (κ2) is 15.6. The summed E-state index contributed by atoms with van der Waals surface area (Å²) >= 11 is 1.30. The highest BCUT2D eigenvalue weighted by Gasteiger charge is 2.30. The van der Waals surface area contributed by atoms with E-state index in [9.17, 15) is 19.2 Å². The van der Waals surface area contributed by atoms with Gasteiger partial charge in [-0.25, -0.2) is 9.97 Å². The molecule has 15 nitrogen and oxygen atoms in total. The highest BCUT2D eigenvalue weighted by atomic mass is 32.1. The second-order valence-electron chi connectivity index (χ2n) is 12.6. The molecule has 0 spiro atoms. The average molecular weight is 705 g/mol. The molecule has 16 heteroatoms. The standard InChI is InChI=1S/C34H40N8O7S/c1-20(2)15-26-32-39-27(19-48-32)31(45)37-24(16-22-7-5-4-6-8-22)29(43)35-9-10-42(18-23-17-25(40-49-23)30(44)38-26)33(46)28-21(3)36-34(50-28)41-11-13-47-14-12-41/h4-8,17,19-20,24,26H,9-16,18H2,1-3H3,(H,35,43)(H,37,45)(H,38,44)/t24-,26+/m0/s1. The topological polar surface area (TPSA) is 185 Å². The van der Waals surface area contributed by atoms with E-state index in [1.807, 2.05) is 44.2 Å². The van der Waals surface area contributed by atoms with Crippen LogP contribution in [0.3, 0.4) is 0 Å².